The summed E-state index contributed by atoms with van der Waals surface area (Å²) in [6, 6.07) is 6.38. The van der Waals surface area contributed by atoms with Gasteiger partial charge in [0.2, 0.25) is 5.95 Å². The number of hydrogen-bond acceptors (Lipinski definition) is 7. The predicted octanol–water partition coefficient (Wildman–Crippen LogP) is 3.29. The summed E-state index contributed by atoms with van der Waals surface area (Å²) in [6.07, 6.45) is 5.55. The molecule has 1 aromatic carbocycles. The summed E-state index contributed by atoms with van der Waals surface area (Å²) in [6.45, 7) is 3.20. The highest BCUT2D eigenvalue weighted by molar-refractivity contribution is 7.90. The number of aryl methyl sites for hydroxylation is 1. The number of anilines is 2. The van der Waals surface area contributed by atoms with Gasteiger partial charge in [0.15, 0.2) is 15.7 Å². The number of hydrogen-bond donors (Lipinski definition) is 1. The van der Waals surface area contributed by atoms with Crippen molar-refractivity contribution in [2.75, 3.05) is 24.8 Å². The van der Waals surface area contributed by atoms with E-state index in [0.717, 1.165) is 31.1 Å². The summed E-state index contributed by atoms with van der Waals surface area (Å²) in [5.74, 6) is 0.456. The lowest BCUT2D eigenvalue weighted by Crippen LogP contribution is -2.21. The van der Waals surface area contributed by atoms with Crippen LogP contribution in [0.15, 0.2) is 41.6 Å². The molecule has 0 spiro atoms. The Morgan fingerprint density at radius 3 is 2.50 bits per heavy atom. The van der Waals surface area contributed by atoms with Crippen molar-refractivity contribution in [3.8, 4) is 11.4 Å². The molecule has 30 heavy (non-hydrogen) atoms. The normalized spacial score (nSPS) is 15.3. The minimum atomic E-state index is -3.28. The van der Waals surface area contributed by atoms with Crippen LogP contribution in [-0.2, 0) is 14.6 Å². The van der Waals surface area contributed by atoms with Crippen LogP contribution in [0.25, 0.3) is 11.4 Å². The summed E-state index contributed by atoms with van der Waals surface area (Å²) in [5.41, 5.74) is 1.34. The van der Waals surface area contributed by atoms with Gasteiger partial charge in [0.25, 0.3) is 0 Å². The maximum Gasteiger partial charge on any atom is 0.227 e. The lowest BCUT2D eigenvalue weighted by molar-refractivity contribution is 0.0694. The molecule has 0 unspecified atom stereocenters. The summed E-state index contributed by atoms with van der Waals surface area (Å²) in [5, 5.41) is 2.99. The first kappa shape index (κ1) is 20.4. The maximum absolute atomic E-state index is 14.6. The fraction of sp³-hybridized carbons (Fsp3) is 0.350. The van der Waals surface area contributed by atoms with Gasteiger partial charge in [-0.2, -0.15) is 0 Å². The topological polar surface area (TPSA) is 99.0 Å². The Balaban J connectivity index is 1.65. The van der Waals surface area contributed by atoms with Crippen molar-refractivity contribution >= 4 is 21.5 Å². The number of sulfone groups is 1. The standard InChI is InChI=1S/C20H22FN5O3S/c1-13-22-12-18(26(13)15-7-9-29-10-8-15)19-17(21)11-23-20(25-19)24-14-3-5-16(6-4-14)30(2,27)28/h3-6,11-12,15H,7-10H2,1-2H3,(H,23,24,25). The first-order chi connectivity index (χ1) is 14.3. The van der Waals surface area contributed by atoms with E-state index in [-0.39, 0.29) is 22.6 Å². The van der Waals surface area contributed by atoms with Gasteiger partial charge in [-0.1, -0.05) is 0 Å². The van der Waals surface area contributed by atoms with Crippen molar-refractivity contribution in [3.05, 3.63) is 48.3 Å². The van der Waals surface area contributed by atoms with Crippen molar-refractivity contribution < 1.29 is 17.5 Å². The average Bonchev–Trinajstić information content (AvgIpc) is 3.11. The molecule has 4 rings (SSSR count). The molecule has 2 aromatic heterocycles. The lowest BCUT2D eigenvalue weighted by atomic mass is 10.1. The number of rotatable bonds is 5. The van der Waals surface area contributed by atoms with Crippen LogP contribution < -0.4 is 5.32 Å². The van der Waals surface area contributed by atoms with Crippen molar-refractivity contribution in [1.82, 2.24) is 19.5 Å². The van der Waals surface area contributed by atoms with Gasteiger partial charge in [-0.3, -0.25) is 0 Å². The van der Waals surface area contributed by atoms with Crippen molar-refractivity contribution in [3.63, 3.8) is 0 Å². The third-order valence-electron chi connectivity index (χ3n) is 5.06. The maximum atomic E-state index is 14.6. The Bertz CT molecular complexity index is 1160. The van der Waals surface area contributed by atoms with E-state index >= 15 is 0 Å². The van der Waals surface area contributed by atoms with Crippen molar-refractivity contribution in [1.29, 1.82) is 0 Å². The van der Waals surface area contributed by atoms with Crippen LogP contribution in [0.1, 0.15) is 24.7 Å². The molecule has 1 N–H and O–H groups in total. The van der Waals surface area contributed by atoms with Gasteiger partial charge in [-0.05, 0) is 44.0 Å². The fourth-order valence-electron chi connectivity index (χ4n) is 3.55. The second-order valence-electron chi connectivity index (χ2n) is 7.22. The van der Waals surface area contributed by atoms with Gasteiger partial charge < -0.3 is 14.6 Å². The highest BCUT2D eigenvalue weighted by Gasteiger charge is 2.23. The zero-order valence-corrected chi connectivity index (χ0v) is 17.5. The quantitative estimate of drug-likeness (QED) is 0.662. The Labute approximate surface area is 174 Å². The van der Waals surface area contributed by atoms with E-state index in [9.17, 15) is 12.8 Å². The van der Waals surface area contributed by atoms with Gasteiger partial charge in [0.05, 0.1) is 23.0 Å². The predicted molar refractivity (Wildman–Crippen MR) is 110 cm³/mol. The van der Waals surface area contributed by atoms with Crippen LogP contribution in [0.5, 0.6) is 0 Å². The molecule has 1 fully saturated rings. The smallest absolute Gasteiger partial charge is 0.227 e. The second kappa shape index (κ2) is 8.11. The summed E-state index contributed by atoms with van der Waals surface area (Å²) < 4.78 is 45.3. The van der Waals surface area contributed by atoms with Gasteiger partial charge in [-0.15, -0.1) is 0 Å². The van der Waals surface area contributed by atoms with E-state index in [0.29, 0.717) is 24.6 Å². The molecule has 10 heteroatoms. The molecule has 0 saturated carbocycles. The van der Waals surface area contributed by atoms with Crippen molar-refractivity contribution in [2.24, 2.45) is 0 Å². The SMILES string of the molecule is Cc1ncc(-c2nc(Nc3ccc(S(C)(=O)=O)cc3)ncc2F)n1C1CCOCC1. The van der Waals surface area contributed by atoms with Gasteiger partial charge in [0.1, 0.15) is 11.5 Å². The van der Waals surface area contributed by atoms with Crippen LogP contribution in [-0.4, -0.2) is 47.4 Å². The van der Waals surface area contributed by atoms with E-state index in [1.807, 2.05) is 11.5 Å². The Hall–Kier alpha value is -2.85. The number of imidazole rings is 1. The zero-order chi connectivity index (χ0) is 21.3. The molecule has 8 nitrogen and oxygen atoms in total. The summed E-state index contributed by atoms with van der Waals surface area (Å²) in [4.78, 5) is 13.0. The number of benzene rings is 1. The summed E-state index contributed by atoms with van der Waals surface area (Å²) in [7, 11) is -3.28. The van der Waals surface area contributed by atoms with Gasteiger partial charge in [-0.25, -0.2) is 27.8 Å². The second-order valence-corrected chi connectivity index (χ2v) is 9.23. The number of ether oxygens (including phenoxy) is 1. The Morgan fingerprint density at radius 1 is 1.13 bits per heavy atom. The van der Waals surface area contributed by atoms with Gasteiger partial charge >= 0.3 is 0 Å². The first-order valence-electron chi connectivity index (χ1n) is 9.54. The molecular weight excluding hydrogens is 409 g/mol. The third-order valence-corrected chi connectivity index (χ3v) is 6.19. The molecule has 158 valence electrons. The van der Waals surface area contributed by atoms with E-state index in [4.69, 9.17) is 4.74 Å². The minimum Gasteiger partial charge on any atom is -0.381 e. The highest BCUT2D eigenvalue weighted by Crippen LogP contribution is 2.31. The molecular formula is C20H22FN5O3S. The largest absolute Gasteiger partial charge is 0.381 e. The van der Waals surface area contributed by atoms with Crippen LogP contribution in [0.3, 0.4) is 0 Å². The number of nitrogens with one attached hydrogen (secondary N) is 1. The highest BCUT2D eigenvalue weighted by atomic mass is 32.2. The molecule has 0 atom stereocenters. The molecule has 0 radical (unpaired) electrons. The molecule has 1 saturated heterocycles. The lowest BCUT2D eigenvalue weighted by Gasteiger charge is -2.26. The third kappa shape index (κ3) is 4.19. The number of aromatic nitrogens is 4. The summed E-state index contributed by atoms with van der Waals surface area (Å²) >= 11 is 0. The van der Waals surface area contributed by atoms with Crippen LogP contribution in [0.4, 0.5) is 16.0 Å². The van der Waals surface area contributed by atoms with Crippen LogP contribution in [0.2, 0.25) is 0 Å². The molecule has 3 heterocycles. The number of halogens is 1. The molecule has 0 amide bonds. The molecule has 3 aromatic rings. The monoisotopic (exact) mass is 431 g/mol. The first-order valence-corrected chi connectivity index (χ1v) is 11.4. The number of nitrogens with zero attached hydrogens (tertiary/aromatic N) is 4. The van der Waals surface area contributed by atoms with E-state index in [1.165, 1.54) is 12.1 Å². The Kier molecular flexibility index (Phi) is 5.52. The van der Waals surface area contributed by atoms with E-state index < -0.39 is 15.7 Å². The Morgan fingerprint density at radius 2 is 1.83 bits per heavy atom. The van der Waals surface area contributed by atoms with E-state index in [1.54, 1.807) is 18.3 Å². The molecule has 0 bridgehead atoms. The average molecular weight is 431 g/mol. The van der Waals surface area contributed by atoms with Crippen LogP contribution in [0, 0.1) is 12.7 Å². The van der Waals surface area contributed by atoms with Crippen molar-refractivity contribution in [2.45, 2.75) is 30.7 Å². The zero-order valence-electron chi connectivity index (χ0n) is 16.7. The van der Waals surface area contributed by atoms with Gasteiger partial charge in [0, 0.05) is 31.2 Å². The van der Waals surface area contributed by atoms with E-state index in [2.05, 4.69) is 20.3 Å². The fourth-order valence-corrected chi connectivity index (χ4v) is 4.18. The molecule has 1 aliphatic rings. The minimum absolute atomic E-state index is 0.160. The van der Waals surface area contributed by atoms with Crippen LogP contribution >= 0.6 is 0 Å². The molecule has 1 aliphatic heterocycles. The molecule has 0 aliphatic carbocycles.